The molecule has 0 radical (unpaired) electrons. The molecule has 0 saturated carbocycles. The van der Waals surface area contributed by atoms with Gasteiger partial charge in [0.25, 0.3) is 0 Å². The Balaban J connectivity index is 1.60. The topological polar surface area (TPSA) is 79.5 Å². The van der Waals surface area contributed by atoms with Gasteiger partial charge in [0.15, 0.2) is 0 Å². The normalized spacial score (nSPS) is 18.7. The lowest BCUT2D eigenvalue weighted by Crippen LogP contribution is -2.42. The number of carboxylic acid groups (broad SMARTS) is 1. The van der Waals surface area contributed by atoms with Crippen molar-refractivity contribution in [1.82, 2.24) is 15.0 Å². The summed E-state index contributed by atoms with van der Waals surface area (Å²) in [5.41, 5.74) is -0.604. The van der Waals surface area contributed by atoms with Crippen LogP contribution >= 0.6 is 11.3 Å². The highest BCUT2D eigenvalue weighted by molar-refractivity contribution is 7.13. The summed E-state index contributed by atoms with van der Waals surface area (Å²) in [5, 5.41) is 15.2. The van der Waals surface area contributed by atoms with Crippen molar-refractivity contribution in [3.8, 4) is 10.7 Å². The Hall–Kier alpha value is -1.73. The fourth-order valence-corrected chi connectivity index (χ4v) is 3.08. The molecule has 1 saturated heterocycles. The number of nitrogens with zero attached hydrogens (tertiary/aromatic N) is 3. The third-order valence-corrected chi connectivity index (χ3v) is 4.91. The minimum absolute atomic E-state index is 0.577. The predicted molar refractivity (Wildman–Crippen MR) is 77.9 cm³/mol. The van der Waals surface area contributed by atoms with Crippen molar-refractivity contribution in [2.45, 2.75) is 26.3 Å². The van der Waals surface area contributed by atoms with Crippen LogP contribution in [0.5, 0.6) is 0 Å². The molecule has 7 heteroatoms. The maximum Gasteiger partial charge on any atom is 0.309 e. The van der Waals surface area contributed by atoms with Gasteiger partial charge in [0.1, 0.15) is 0 Å². The molecule has 0 aliphatic carbocycles. The third kappa shape index (κ3) is 2.98. The molecule has 0 spiro atoms. The average Bonchev–Trinajstić information content (AvgIpc) is 3.12. The number of likely N-dealkylation sites (tertiary alicyclic amines) is 1. The van der Waals surface area contributed by atoms with Crippen LogP contribution in [-0.4, -0.2) is 39.2 Å². The average molecular weight is 307 g/mol. The van der Waals surface area contributed by atoms with Crippen molar-refractivity contribution < 1.29 is 14.4 Å². The van der Waals surface area contributed by atoms with Gasteiger partial charge in [-0.1, -0.05) is 11.2 Å². The molecular weight excluding hydrogens is 290 g/mol. The maximum absolute atomic E-state index is 11.2. The van der Waals surface area contributed by atoms with E-state index in [0.29, 0.717) is 31.1 Å². The van der Waals surface area contributed by atoms with Gasteiger partial charge >= 0.3 is 5.97 Å². The Bertz CT molecular complexity index is 615. The molecule has 1 aliphatic rings. The lowest BCUT2D eigenvalue weighted by molar-refractivity contribution is -0.150. The van der Waals surface area contributed by atoms with Crippen molar-refractivity contribution in [3.63, 3.8) is 0 Å². The molecular formula is C14H17N3O3S. The molecule has 3 rings (SSSR count). The number of aliphatic carboxylic acids is 1. The Morgan fingerprint density at radius 3 is 2.90 bits per heavy atom. The zero-order valence-corrected chi connectivity index (χ0v) is 12.6. The fourth-order valence-electron chi connectivity index (χ4n) is 2.43. The van der Waals surface area contributed by atoms with Gasteiger partial charge in [0, 0.05) is 0 Å². The SMILES string of the molecule is CC1(C(=O)O)CCN(Cc2nc(-c3cccs3)no2)CC1. The second-order valence-corrected chi connectivity index (χ2v) is 6.58. The number of piperidine rings is 1. The summed E-state index contributed by atoms with van der Waals surface area (Å²) in [4.78, 5) is 18.8. The number of hydrogen-bond donors (Lipinski definition) is 1. The summed E-state index contributed by atoms with van der Waals surface area (Å²) in [6.07, 6.45) is 1.29. The highest BCUT2D eigenvalue weighted by Gasteiger charge is 2.37. The molecule has 1 aliphatic heterocycles. The van der Waals surface area contributed by atoms with E-state index in [-0.39, 0.29) is 0 Å². The Morgan fingerprint density at radius 2 is 2.29 bits per heavy atom. The van der Waals surface area contributed by atoms with Crippen LogP contribution in [0.1, 0.15) is 25.7 Å². The molecule has 0 bridgehead atoms. The van der Waals surface area contributed by atoms with E-state index in [2.05, 4.69) is 15.0 Å². The van der Waals surface area contributed by atoms with Gasteiger partial charge in [-0.15, -0.1) is 11.3 Å². The zero-order valence-electron chi connectivity index (χ0n) is 11.8. The van der Waals surface area contributed by atoms with E-state index in [1.165, 1.54) is 0 Å². The molecule has 21 heavy (non-hydrogen) atoms. The molecule has 0 unspecified atom stereocenters. The first-order valence-electron chi connectivity index (χ1n) is 6.89. The first-order chi connectivity index (χ1) is 10.1. The lowest BCUT2D eigenvalue weighted by atomic mass is 9.80. The van der Waals surface area contributed by atoms with E-state index in [9.17, 15) is 9.90 Å². The van der Waals surface area contributed by atoms with Crippen LogP contribution in [0.15, 0.2) is 22.0 Å². The van der Waals surface area contributed by atoms with Gasteiger partial charge < -0.3 is 9.63 Å². The standard InChI is InChI=1S/C14H17N3O3S/c1-14(13(18)19)4-6-17(7-5-14)9-11-15-12(16-20-11)10-3-2-8-21-10/h2-3,8H,4-7,9H2,1H3,(H,18,19). The number of aromatic nitrogens is 2. The van der Waals surface area contributed by atoms with E-state index < -0.39 is 11.4 Å². The van der Waals surface area contributed by atoms with E-state index in [4.69, 9.17) is 4.52 Å². The van der Waals surface area contributed by atoms with Gasteiger partial charge in [-0.25, -0.2) is 0 Å². The van der Waals surface area contributed by atoms with Crippen molar-refractivity contribution in [3.05, 3.63) is 23.4 Å². The van der Waals surface area contributed by atoms with Crippen molar-refractivity contribution in [1.29, 1.82) is 0 Å². The maximum atomic E-state index is 11.2. The number of carboxylic acids is 1. The molecule has 6 nitrogen and oxygen atoms in total. The van der Waals surface area contributed by atoms with E-state index in [1.54, 1.807) is 11.3 Å². The van der Waals surface area contributed by atoms with Crippen LogP contribution in [0, 0.1) is 5.41 Å². The summed E-state index contributed by atoms with van der Waals surface area (Å²) in [7, 11) is 0. The summed E-state index contributed by atoms with van der Waals surface area (Å²) in [6.45, 7) is 3.86. The largest absolute Gasteiger partial charge is 0.481 e. The molecule has 112 valence electrons. The summed E-state index contributed by atoms with van der Waals surface area (Å²) >= 11 is 1.57. The minimum atomic E-state index is -0.708. The molecule has 1 N–H and O–H groups in total. The highest BCUT2D eigenvalue weighted by atomic mass is 32.1. The monoisotopic (exact) mass is 307 g/mol. The number of carbonyl (C=O) groups is 1. The van der Waals surface area contributed by atoms with Gasteiger partial charge in [-0.3, -0.25) is 9.69 Å². The minimum Gasteiger partial charge on any atom is -0.481 e. The molecule has 3 heterocycles. The first kappa shape index (κ1) is 14.2. The van der Waals surface area contributed by atoms with Gasteiger partial charge in [-0.05, 0) is 44.3 Å². The Morgan fingerprint density at radius 1 is 1.52 bits per heavy atom. The molecule has 2 aromatic rings. The van der Waals surface area contributed by atoms with Crippen LogP contribution in [0.3, 0.4) is 0 Å². The second kappa shape index (κ2) is 5.57. The lowest BCUT2D eigenvalue weighted by Gasteiger charge is -2.35. The Labute approximate surface area is 126 Å². The van der Waals surface area contributed by atoms with Crippen LogP contribution in [0.2, 0.25) is 0 Å². The summed E-state index contributed by atoms with van der Waals surface area (Å²) in [6, 6.07) is 3.91. The Kier molecular flexibility index (Phi) is 3.77. The molecule has 0 amide bonds. The van der Waals surface area contributed by atoms with Crippen LogP contribution in [0.4, 0.5) is 0 Å². The molecule has 0 atom stereocenters. The summed E-state index contributed by atoms with van der Waals surface area (Å²) < 4.78 is 5.28. The quantitative estimate of drug-likeness (QED) is 0.935. The van der Waals surface area contributed by atoms with E-state index in [1.807, 2.05) is 24.4 Å². The predicted octanol–water partition coefficient (Wildman–Crippen LogP) is 2.48. The second-order valence-electron chi connectivity index (χ2n) is 5.63. The van der Waals surface area contributed by atoms with Gasteiger partial charge in [-0.2, -0.15) is 4.98 Å². The molecule has 0 aromatic carbocycles. The number of thiophene rings is 1. The highest BCUT2D eigenvalue weighted by Crippen LogP contribution is 2.31. The number of rotatable bonds is 4. The van der Waals surface area contributed by atoms with Crippen molar-refractivity contribution in [2.24, 2.45) is 5.41 Å². The smallest absolute Gasteiger partial charge is 0.309 e. The van der Waals surface area contributed by atoms with Gasteiger partial charge in [0.2, 0.25) is 11.7 Å². The summed E-state index contributed by atoms with van der Waals surface area (Å²) in [5.74, 6) is 0.490. The zero-order chi connectivity index (χ0) is 14.9. The van der Waals surface area contributed by atoms with E-state index >= 15 is 0 Å². The van der Waals surface area contributed by atoms with Crippen LogP contribution in [0.25, 0.3) is 10.7 Å². The van der Waals surface area contributed by atoms with Crippen LogP contribution < -0.4 is 0 Å². The van der Waals surface area contributed by atoms with E-state index in [0.717, 1.165) is 18.0 Å². The third-order valence-electron chi connectivity index (χ3n) is 4.04. The molecule has 2 aromatic heterocycles. The first-order valence-corrected chi connectivity index (χ1v) is 7.77. The van der Waals surface area contributed by atoms with Gasteiger partial charge in [0.05, 0.1) is 16.8 Å². The molecule has 1 fully saturated rings. The van der Waals surface area contributed by atoms with Crippen molar-refractivity contribution in [2.75, 3.05) is 13.1 Å². The fraction of sp³-hybridized carbons (Fsp3) is 0.500. The van der Waals surface area contributed by atoms with Crippen LogP contribution in [-0.2, 0) is 11.3 Å². The number of hydrogen-bond acceptors (Lipinski definition) is 6. The van der Waals surface area contributed by atoms with Crippen molar-refractivity contribution >= 4 is 17.3 Å².